The molecule has 1 aliphatic carbocycles. The fourth-order valence-electron chi connectivity index (χ4n) is 3.03. The summed E-state index contributed by atoms with van der Waals surface area (Å²) in [6, 6.07) is 5.14. The fraction of sp³-hybridized carbons (Fsp3) is 0.562. The molecule has 2 rings (SSSR count). The van der Waals surface area contributed by atoms with E-state index in [-0.39, 0.29) is 6.61 Å². The molecule has 1 aliphatic rings. The number of carbonyl (C=O) groups excluding carboxylic acids is 1. The Morgan fingerprint density at radius 1 is 1.33 bits per heavy atom. The lowest BCUT2D eigenvalue weighted by molar-refractivity contribution is 0.100. The van der Waals surface area contributed by atoms with Gasteiger partial charge in [-0.25, -0.2) is 0 Å². The van der Waals surface area contributed by atoms with Gasteiger partial charge in [-0.3, -0.25) is 4.79 Å². The number of aliphatic hydroxyl groups excluding tert-OH is 1. The Morgan fingerprint density at radius 3 is 2.67 bits per heavy atom. The van der Waals surface area contributed by atoms with E-state index in [4.69, 9.17) is 17.3 Å². The minimum atomic E-state index is -0.468. The van der Waals surface area contributed by atoms with Gasteiger partial charge in [0.05, 0.1) is 0 Å². The van der Waals surface area contributed by atoms with Crippen molar-refractivity contribution in [3.63, 3.8) is 0 Å². The van der Waals surface area contributed by atoms with Crippen LogP contribution in [0.5, 0.6) is 0 Å². The number of rotatable bonds is 6. The Morgan fingerprint density at radius 2 is 2.05 bits per heavy atom. The lowest BCUT2D eigenvalue weighted by Gasteiger charge is -2.30. The van der Waals surface area contributed by atoms with E-state index in [1.807, 2.05) is 6.07 Å². The number of carbonyl (C=O) groups is 1. The zero-order chi connectivity index (χ0) is 15.2. The third kappa shape index (κ3) is 4.43. The van der Waals surface area contributed by atoms with Crippen LogP contribution in [0.3, 0.4) is 0 Å². The van der Waals surface area contributed by atoms with E-state index >= 15 is 0 Å². The van der Waals surface area contributed by atoms with Crippen molar-refractivity contribution >= 4 is 17.5 Å². The van der Waals surface area contributed by atoms with Gasteiger partial charge in [0.1, 0.15) is 0 Å². The Bertz CT molecular complexity index is 493. The second-order valence-electron chi connectivity index (χ2n) is 5.79. The fourth-order valence-corrected chi connectivity index (χ4v) is 3.28. The van der Waals surface area contributed by atoms with Crippen molar-refractivity contribution in [2.45, 2.75) is 32.2 Å². The van der Waals surface area contributed by atoms with E-state index < -0.39 is 5.91 Å². The molecule has 0 radical (unpaired) electrons. The summed E-state index contributed by atoms with van der Waals surface area (Å²) >= 11 is 6.16. The highest BCUT2D eigenvalue weighted by atomic mass is 35.5. The van der Waals surface area contributed by atoms with Gasteiger partial charge >= 0.3 is 0 Å². The molecule has 116 valence electrons. The summed E-state index contributed by atoms with van der Waals surface area (Å²) in [6.07, 6.45) is 4.77. The third-order valence-electron chi connectivity index (χ3n) is 4.36. The van der Waals surface area contributed by atoms with Gasteiger partial charge in [0.25, 0.3) is 0 Å². The SMILES string of the molecule is NC(=O)c1ccc(CNCC2CCCCC2CO)c(Cl)c1. The van der Waals surface area contributed by atoms with Gasteiger partial charge in [0.15, 0.2) is 0 Å². The standard InChI is InChI=1S/C16H23ClN2O2/c17-15-7-11(16(18)21)5-6-13(15)9-19-8-12-3-1-2-4-14(12)10-20/h5-7,12,14,19-20H,1-4,8-10H2,(H2,18,21). The van der Waals surface area contributed by atoms with Crippen molar-refractivity contribution < 1.29 is 9.90 Å². The molecule has 2 atom stereocenters. The third-order valence-corrected chi connectivity index (χ3v) is 4.71. The largest absolute Gasteiger partial charge is 0.396 e. The number of halogens is 1. The van der Waals surface area contributed by atoms with Gasteiger partial charge in [-0.15, -0.1) is 0 Å². The van der Waals surface area contributed by atoms with Crippen LogP contribution in [0.1, 0.15) is 41.6 Å². The molecule has 1 amide bonds. The van der Waals surface area contributed by atoms with E-state index in [0.29, 0.717) is 29.0 Å². The van der Waals surface area contributed by atoms with E-state index in [2.05, 4.69) is 5.32 Å². The van der Waals surface area contributed by atoms with Crippen LogP contribution >= 0.6 is 11.6 Å². The second kappa shape index (κ2) is 7.78. The Balaban J connectivity index is 1.87. The van der Waals surface area contributed by atoms with Crippen LogP contribution in [0.2, 0.25) is 5.02 Å². The highest BCUT2D eigenvalue weighted by molar-refractivity contribution is 6.31. The quantitative estimate of drug-likeness (QED) is 0.755. The molecule has 4 nitrogen and oxygen atoms in total. The topological polar surface area (TPSA) is 75.4 Å². The normalized spacial score (nSPS) is 22.2. The average Bonchev–Trinajstić information content (AvgIpc) is 2.49. The van der Waals surface area contributed by atoms with E-state index in [1.54, 1.807) is 12.1 Å². The Hall–Kier alpha value is -1.10. The van der Waals surface area contributed by atoms with Crippen LogP contribution in [0.25, 0.3) is 0 Å². The number of nitrogens with two attached hydrogens (primary N) is 1. The number of nitrogens with one attached hydrogen (secondary N) is 1. The maximum atomic E-state index is 11.1. The number of hydrogen-bond acceptors (Lipinski definition) is 3. The summed E-state index contributed by atoms with van der Waals surface area (Å²) in [4.78, 5) is 11.1. The summed E-state index contributed by atoms with van der Waals surface area (Å²) in [5.41, 5.74) is 6.61. The molecule has 1 aromatic carbocycles. The summed E-state index contributed by atoms with van der Waals surface area (Å²) in [6.45, 7) is 1.83. The predicted octanol–water partition coefficient (Wildman–Crippen LogP) is 2.33. The van der Waals surface area contributed by atoms with Crippen molar-refractivity contribution in [2.24, 2.45) is 17.6 Å². The molecule has 1 aromatic rings. The number of primary amides is 1. The highest BCUT2D eigenvalue weighted by Crippen LogP contribution is 2.29. The van der Waals surface area contributed by atoms with Gasteiger partial charge in [0, 0.05) is 23.7 Å². The lowest BCUT2D eigenvalue weighted by Crippen LogP contribution is -2.32. The molecule has 4 N–H and O–H groups in total. The second-order valence-corrected chi connectivity index (χ2v) is 6.20. The molecule has 0 aromatic heterocycles. The zero-order valence-electron chi connectivity index (χ0n) is 12.1. The molecule has 0 bridgehead atoms. The van der Waals surface area contributed by atoms with Crippen LogP contribution < -0.4 is 11.1 Å². The summed E-state index contributed by atoms with van der Waals surface area (Å²) in [5.74, 6) is 0.482. The first kappa shape index (κ1) is 16.3. The van der Waals surface area contributed by atoms with Crippen molar-refractivity contribution in [1.82, 2.24) is 5.32 Å². The monoisotopic (exact) mass is 310 g/mol. The van der Waals surface area contributed by atoms with Crippen LogP contribution in [0.15, 0.2) is 18.2 Å². The lowest BCUT2D eigenvalue weighted by atomic mass is 9.79. The van der Waals surface area contributed by atoms with E-state index in [0.717, 1.165) is 18.5 Å². The maximum absolute atomic E-state index is 11.1. The van der Waals surface area contributed by atoms with Gasteiger partial charge in [-0.1, -0.05) is 30.5 Å². The van der Waals surface area contributed by atoms with Crippen molar-refractivity contribution in [3.05, 3.63) is 34.3 Å². The molecular weight excluding hydrogens is 288 g/mol. The number of aliphatic hydroxyl groups is 1. The zero-order valence-corrected chi connectivity index (χ0v) is 12.9. The molecule has 1 fully saturated rings. The number of hydrogen-bond donors (Lipinski definition) is 3. The van der Waals surface area contributed by atoms with Crippen molar-refractivity contribution in [3.8, 4) is 0 Å². The van der Waals surface area contributed by atoms with Crippen LogP contribution in [-0.4, -0.2) is 24.2 Å². The molecule has 0 saturated heterocycles. The molecule has 1 saturated carbocycles. The average molecular weight is 311 g/mol. The summed E-state index contributed by atoms with van der Waals surface area (Å²) in [7, 11) is 0. The first-order valence-electron chi connectivity index (χ1n) is 7.51. The van der Waals surface area contributed by atoms with Crippen LogP contribution in [0.4, 0.5) is 0 Å². The first-order valence-corrected chi connectivity index (χ1v) is 7.89. The molecule has 0 spiro atoms. The van der Waals surface area contributed by atoms with Crippen LogP contribution in [-0.2, 0) is 6.54 Å². The summed E-state index contributed by atoms with van der Waals surface area (Å²) in [5, 5.41) is 13.4. The Kier molecular flexibility index (Phi) is 6.03. The molecule has 2 unspecified atom stereocenters. The number of amides is 1. The summed E-state index contributed by atoms with van der Waals surface area (Å²) < 4.78 is 0. The van der Waals surface area contributed by atoms with Crippen molar-refractivity contribution in [2.75, 3.05) is 13.2 Å². The Labute approximate surface area is 130 Å². The predicted molar refractivity (Wildman–Crippen MR) is 84.2 cm³/mol. The minimum absolute atomic E-state index is 0.278. The number of benzene rings is 1. The molecule has 21 heavy (non-hydrogen) atoms. The molecule has 5 heteroatoms. The first-order chi connectivity index (χ1) is 10.1. The maximum Gasteiger partial charge on any atom is 0.248 e. The van der Waals surface area contributed by atoms with Gasteiger partial charge in [-0.2, -0.15) is 0 Å². The van der Waals surface area contributed by atoms with Crippen LogP contribution in [0, 0.1) is 11.8 Å². The van der Waals surface area contributed by atoms with Gasteiger partial charge < -0.3 is 16.2 Å². The molecule has 0 heterocycles. The van der Waals surface area contributed by atoms with Gasteiger partial charge in [0.2, 0.25) is 5.91 Å². The van der Waals surface area contributed by atoms with E-state index in [1.165, 1.54) is 19.3 Å². The molecule has 0 aliphatic heterocycles. The molecular formula is C16H23ClN2O2. The minimum Gasteiger partial charge on any atom is -0.396 e. The highest BCUT2D eigenvalue weighted by Gasteiger charge is 2.23. The smallest absolute Gasteiger partial charge is 0.248 e. The van der Waals surface area contributed by atoms with Gasteiger partial charge in [-0.05, 0) is 48.9 Å². The van der Waals surface area contributed by atoms with Crippen molar-refractivity contribution in [1.29, 1.82) is 0 Å². The van der Waals surface area contributed by atoms with E-state index in [9.17, 15) is 9.90 Å².